The van der Waals surface area contributed by atoms with Crippen molar-refractivity contribution in [3.8, 4) is 5.75 Å². The quantitative estimate of drug-likeness (QED) is 0.623. The van der Waals surface area contributed by atoms with Gasteiger partial charge in [0, 0.05) is 32.0 Å². The first-order valence-electron chi connectivity index (χ1n) is 7.22. The van der Waals surface area contributed by atoms with Gasteiger partial charge >= 0.3 is 0 Å². The minimum absolute atomic E-state index is 0.0978. The largest absolute Gasteiger partial charge is 0.491 e. The van der Waals surface area contributed by atoms with Crippen LogP contribution in [0.4, 0.5) is 5.69 Å². The summed E-state index contributed by atoms with van der Waals surface area (Å²) in [5.74, 6) is 0.296. The number of hydrogen-bond donors (Lipinski definition) is 3. The van der Waals surface area contributed by atoms with Crippen molar-refractivity contribution in [2.75, 3.05) is 38.7 Å². The molecule has 3 N–H and O–H groups in total. The number of carbonyl (C=O) groups is 2. The molecule has 7 nitrogen and oxygen atoms in total. The first-order chi connectivity index (χ1) is 10.7. The van der Waals surface area contributed by atoms with Gasteiger partial charge in [-0.2, -0.15) is 0 Å². The van der Waals surface area contributed by atoms with Gasteiger partial charge in [-0.3, -0.25) is 9.59 Å². The molecule has 1 saturated heterocycles. The topological polar surface area (TPSA) is 88.7 Å². The zero-order valence-electron chi connectivity index (χ0n) is 12.6. The molecule has 7 heteroatoms. The van der Waals surface area contributed by atoms with E-state index >= 15 is 0 Å². The van der Waals surface area contributed by atoms with Crippen LogP contribution in [0, 0.1) is 0 Å². The van der Waals surface area contributed by atoms with Crippen LogP contribution in [0.15, 0.2) is 24.3 Å². The number of methoxy groups -OCH3 is 1. The Balaban J connectivity index is 1.85. The number of carbonyl (C=O) groups excluding carboxylic acids is 2. The summed E-state index contributed by atoms with van der Waals surface area (Å²) in [5.41, 5.74) is 0.635. The number of hydrogen-bond acceptors (Lipinski definition) is 5. The molecule has 1 aliphatic heterocycles. The highest BCUT2D eigenvalue weighted by Crippen LogP contribution is 2.17. The fraction of sp³-hybridized carbons (Fsp3) is 0.467. The van der Waals surface area contributed by atoms with Gasteiger partial charge in [0.1, 0.15) is 12.4 Å². The standard InChI is InChI=1S/C15H21N3O4/c1-21-7-8-22-12-4-2-3-11(9-12)18-14(19)10-13-15(20)17-6-5-16-13/h2-4,9,13,16H,5-8,10H2,1H3,(H,17,20)(H,18,19). The lowest BCUT2D eigenvalue weighted by atomic mass is 10.1. The molecule has 2 amide bonds. The molecule has 120 valence electrons. The Morgan fingerprint density at radius 3 is 3.00 bits per heavy atom. The van der Waals surface area contributed by atoms with Gasteiger partial charge in [-0.15, -0.1) is 0 Å². The molecule has 1 unspecified atom stereocenters. The molecule has 1 atom stereocenters. The second kappa shape index (κ2) is 8.35. The minimum Gasteiger partial charge on any atom is -0.491 e. The van der Waals surface area contributed by atoms with Crippen LogP contribution < -0.4 is 20.7 Å². The minimum atomic E-state index is -0.477. The number of amides is 2. The van der Waals surface area contributed by atoms with E-state index in [2.05, 4.69) is 16.0 Å². The van der Waals surface area contributed by atoms with Gasteiger partial charge in [0.05, 0.1) is 19.1 Å². The van der Waals surface area contributed by atoms with Gasteiger partial charge in [0.2, 0.25) is 11.8 Å². The third-order valence-corrected chi connectivity index (χ3v) is 3.19. The summed E-state index contributed by atoms with van der Waals surface area (Å²) in [6.45, 7) is 2.21. The van der Waals surface area contributed by atoms with Crippen molar-refractivity contribution in [2.24, 2.45) is 0 Å². The second-order valence-corrected chi connectivity index (χ2v) is 4.92. The first-order valence-corrected chi connectivity index (χ1v) is 7.22. The molecule has 0 radical (unpaired) electrons. The van der Waals surface area contributed by atoms with Crippen LogP contribution in [0.5, 0.6) is 5.75 Å². The number of rotatable bonds is 7. The van der Waals surface area contributed by atoms with Crippen molar-refractivity contribution in [1.29, 1.82) is 0 Å². The van der Waals surface area contributed by atoms with Crippen LogP contribution in [0.1, 0.15) is 6.42 Å². The van der Waals surface area contributed by atoms with Crippen molar-refractivity contribution in [1.82, 2.24) is 10.6 Å². The van der Waals surface area contributed by atoms with Crippen LogP contribution in [-0.4, -0.2) is 51.3 Å². The van der Waals surface area contributed by atoms with Crippen molar-refractivity contribution in [3.05, 3.63) is 24.3 Å². The van der Waals surface area contributed by atoms with Crippen LogP contribution in [-0.2, 0) is 14.3 Å². The van der Waals surface area contributed by atoms with E-state index in [1.165, 1.54) is 0 Å². The molecular weight excluding hydrogens is 286 g/mol. The summed E-state index contributed by atoms with van der Waals surface area (Å²) < 4.78 is 10.4. The van der Waals surface area contributed by atoms with Crippen LogP contribution in [0.25, 0.3) is 0 Å². The van der Waals surface area contributed by atoms with Crippen LogP contribution in [0.3, 0.4) is 0 Å². The van der Waals surface area contributed by atoms with E-state index in [0.29, 0.717) is 37.7 Å². The zero-order chi connectivity index (χ0) is 15.8. The van der Waals surface area contributed by atoms with Crippen LogP contribution in [0.2, 0.25) is 0 Å². The molecule has 0 bridgehead atoms. The maximum atomic E-state index is 12.0. The predicted octanol–water partition coefficient (Wildman–Crippen LogP) is 0.128. The fourth-order valence-corrected chi connectivity index (χ4v) is 2.12. The van der Waals surface area contributed by atoms with E-state index in [4.69, 9.17) is 9.47 Å². The lowest BCUT2D eigenvalue weighted by Gasteiger charge is -2.22. The molecule has 0 aliphatic carbocycles. The smallest absolute Gasteiger partial charge is 0.237 e. The maximum absolute atomic E-state index is 12.0. The zero-order valence-corrected chi connectivity index (χ0v) is 12.6. The predicted molar refractivity (Wildman–Crippen MR) is 81.9 cm³/mol. The first kappa shape index (κ1) is 16.3. The van der Waals surface area contributed by atoms with Gasteiger partial charge in [0.15, 0.2) is 0 Å². The third kappa shape index (κ3) is 5.01. The van der Waals surface area contributed by atoms with Gasteiger partial charge in [-0.1, -0.05) is 6.07 Å². The second-order valence-electron chi connectivity index (χ2n) is 4.92. The van der Waals surface area contributed by atoms with E-state index in [9.17, 15) is 9.59 Å². The van der Waals surface area contributed by atoms with E-state index in [-0.39, 0.29) is 18.2 Å². The van der Waals surface area contributed by atoms with Gasteiger partial charge in [-0.05, 0) is 12.1 Å². The summed E-state index contributed by atoms with van der Waals surface area (Å²) >= 11 is 0. The Hall–Kier alpha value is -2.12. The van der Waals surface area contributed by atoms with E-state index in [0.717, 1.165) is 0 Å². The Labute approximate surface area is 129 Å². The number of ether oxygens (including phenoxy) is 2. The Kier molecular flexibility index (Phi) is 6.17. The molecule has 1 fully saturated rings. The average Bonchev–Trinajstić information content (AvgIpc) is 2.50. The summed E-state index contributed by atoms with van der Waals surface area (Å²) in [7, 11) is 1.61. The van der Waals surface area contributed by atoms with E-state index in [1.54, 1.807) is 31.4 Å². The molecule has 1 aliphatic rings. The highest BCUT2D eigenvalue weighted by Gasteiger charge is 2.23. The normalized spacial score (nSPS) is 17.7. The molecule has 0 saturated carbocycles. The summed E-state index contributed by atoms with van der Waals surface area (Å²) in [5, 5.41) is 8.52. The number of benzene rings is 1. The number of anilines is 1. The number of nitrogens with one attached hydrogen (secondary N) is 3. The third-order valence-electron chi connectivity index (χ3n) is 3.19. The Morgan fingerprint density at radius 2 is 2.23 bits per heavy atom. The lowest BCUT2D eigenvalue weighted by Crippen LogP contribution is -2.53. The molecule has 1 aromatic carbocycles. The van der Waals surface area contributed by atoms with Crippen molar-refractivity contribution < 1.29 is 19.1 Å². The number of piperazine rings is 1. The van der Waals surface area contributed by atoms with Crippen molar-refractivity contribution in [2.45, 2.75) is 12.5 Å². The SMILES string of the molecule is COCCOc1cccc(NC(=O)CC2NCCNC2=O)c1. The van der Waals surface area contributed by atoms with Gasteiger partial charge in [-0.25, -0.2) is 0 Å². The molecule has 0 aromatic heterocycles. The average molecular weight is 307 g/mol. The van der Waals surface area contributed by atoms with Crippen molar-refractivity contribution in [3.63, 3.8) is 0 Å². The Morgan fingerprint density at radius 1 is 1.36 bits per heavy atom. The monoisotopic (exact) mass is 307 g/mol. The van der Waals surface area contributed by atoms with Crippen LogP contribution >= 0.6 is 0 Å². The van der Waals surface area contributed by atoms with Gasteiger partial charge < -0.3 is 25.4 Å². The highest BCUT2D eigenvalue weighted by atomic mass is 16.5. The highest BCUT2D eigenvalue weighted by molar-refractivity contribution is 5.95. The molecule has 0 spiro atoms. The molecule has 22 heavy (non-hydrogen) atoms. The molecule has 2 rings (SSSR count). The fourth-order valence-electron chi connectivity index (χ4n) is 2.12. The molecule has 1 aromatic rings. The Bertz CT molecular complexity index is 521. The summed E-state index contributed by atoms with van der Waals surface area (Å²) in [6.07, 6.45) is 0.0978. The maximum Gasteiger partial charge on any atom is 0.237 e. The van der Waals surface area contributed by atoms with E-state index < -0.39 is 6.04 Å². The molecular formula is C15H21N3O4. The lowest BCUT2D eigenvalue weighted by molar-refractivity contribution is -0.127. The summed E-state index contributed by atoms with van der Waals surface area (Å²) in [6, 6.07) is 6.64. The van der Waals surface area contributed by atoms with E-state index in [1.807, 2.05) is 0 Å². The molecule has 1 heterocycles. The van der Waals surface area contributed by atoms with Crippen molar-refractivity contribution >= 4 is 17.5 Å². The summed E-state index contributed by atoms with van der Waals surface area (Å²) in [4.78, 5) is 23.6. The van der Waals surface area contributed by atoms with Gasteiger partial charge in [0.25, 0.3) is 0 Å².